The quantitative estimate of drug-likeness (QED) is 0.728. The average Bonchev–Trinajstić information content (AvgIpc) is 2.35. The molecule has 0 radical (unpaired) electrons. The number of fused-ring (bicyclic) bond motifs is 1. The van der Waals surface area contributed by atoms with Gasteiger partial charge in [-0.1, -0.05) is 6.07 Å². The summed E-state index contributed by atoms with van der Waals surface area (Å²) in [5.41, 5.74) is -0.765. The van der Waals surface area contributed by atoms with Crippen molar-refractivity contribution < 1.29 is 33.1 Å². The van der Waals surface area contributed by atoms with Crippen LogP contribution in [0.2, 0.25) is 0 Å². The first-order chi connectivity index (χ1) is 8.82. The first kappa shape index (κ1) is 13.6. The van der Waals surface area contributed by atoms with E-state index in [1.807, 2.05) is 0 Å². The highest BCUT2D eigenvalue weighted by atomic mass is 19.4. The fourth-order valence-electron chi connectivity index (χ4n) is 1.80. The number of carbonyl (C=O) groups excluding carboxylic acids is 1. The molecule has 2 N–H and O–H groups in total. The maximum absolute atomic E-state index is 12.5. The molecule has 1 amide bonds. The third-order valence-electron chi connectivity index (χ3n) is 2.56. The van der Waals surface area contributed by atoms with Crippen molar-refractivity contribution in [3.63, 3.8) is 0 Å². The van der Waals surface area contributed by atoms with Crippen molar-refractivity contribution in [2.45, 2.75) is 6.18 Å². The van der Waals surface area contributed by atoms with Crippen LogP contribution in [0.15, 0.2) is 18.2 Å². The lowest BCUT2D eigenvalue weighted by Crippen LogP contribution is -2.99. The molecule has 1 aliphatic rings. The number of para-hydroxylation sites is 1. The highest BCUT2D eigenvalue weighted by Gasteiger charge is 2.45. The molecule has 0 aromatic heterocycles. The Kier molecular flexibility index (Phi) is 3.35. The first-order valence-corrected chi connectivity index (χ1v) is 5.20. The molecule has 0 fully saturated rings. The van der Waals surface area contributed by atoms with Gasteiger partial charge in [0.05, 0.1) is 6.54 Å². The van der Waals surface area contributed by atoms with Crippen LogP contribution in [-0.2, 0) is 4.79 Å². The zero-order valence-corrected chi connectivity index (χ0v) is 9.40. The number of alkyl halides is 3. The number of ether oxygens (including phenoxy) is 1. The fraction of sp³-hybridized carbons (Fsp3) is 0.300. The minimum absolute atomic E-state index is 0.0521. The van der Waals surface area contributed by atoms with E-state index in [2.05, 4.69) is 0 Å². The van der Waals surface area contributed by atoms with Crippen molar-refractivity contribution in [3.8, 4) is 5.75 Å². The second-order valence-electron chi connectivity index (χ2n) is 3.76. The molecule has 0 saturated heterocycles. The summed E-state index contributed by atoms with van der Waals surface area (Å²) in [5, 5.41) is 18.6. The number of halogens is 3. The van der Waals surface area contributed by atoms with E-state index in [0.717, 1.165) is 6.07 Å². The van der Waals surface area contributed by atoms with Crippen molar-refractivity contribution >= 4 is 17.3 Å². The summed E-state index contributed by atoms with van der Waals surface area (Å²) < 4.78 is 42.5. The molecule has 1 atom stereocenters. The average molecular weight is 278 g/mol. The van der Waals surface area contributed by atoms with Gasteiger partial charge in [-0.05, 0) is 6.07 Å². The number of quaternary nitrogens is 1. The van der Waals surface area contributed by atoms with Crippen LogP contribution in [0, 0.1) is 5.21 Å². The van der Waals surface area contributed by atoms with E-state index in [9.17, 15) is 23.2 Å². The molecule has 0 aliphatic carbocycles. The maximum atomic E-state index is 12.5. The van der Waals surface area contributed by atoms with E-state index in [0.29, 0.717) is 4.90 Å². The second-order valence-corrected chi connectivity index (χ2v) is 3.76. The molecule has 1 aromatic rings. The minimum Gasteiger partial charge on any atom is -0.595 e. The van der Waals surface area contributed by atoms with Gasteiger partial charge >= 0.3 is 12.1 Å². The molecule has 6 nitrogen and oxygen atoms in total. The Morgan fingerprint density at radius 1 is 1.47 bits per heavy atom. The van der Waals surface area contributed by atoms with Gasteiger partial charge in [0, 0.05) is 6.07 Å². The van der Waals surface area contributed by atoms with E-state index >= 15 is 0 Å². The molecule has 1 unspecified atom stereocenters. The number of benzene rings is 1. The molecular weight excluding hydrogens is 269 g/mol. The Hall–Kier alpha value is -1.84. The van der Waals surface area contributed by atoms with E-state index in [1.165, 1.54) is 12.1 Å². The monoisotopic (exact) mass is 278 g/mol. The fourth-order valence-corrected chi connectivity index (χ4v) is 1.80. The summed E-state index contributed by atoms with van der Waals surface area (Å²) in [7, 11) is 0. The van der Waals surface area contributed by atoms with Crippen LogP contribution in [0.25, 0.3) is 0 Å². The second kappa shape index (κ2) is 4.68. The summed E-state index contributed by atoms with van der Waals surface area (Å²) in [6.07, 6.45) is -5.07. The van der Waals surface area contributed by atoms with Crippen molar-refractivity contribution in [1.82, 2.24) is 0 Å². The first-order valence-electron chi connectivity index (χ1n) is 5.20. The lowest BCUT2D eigenvalue weighted by atomic mass is 10.2. The standard InChI is InChI=1S/C10H9F3N2O4/c11-10(12,13)9(16)14-4-5-19-7-3-1-2-6(8(7)14)15(17)18/h1-3,15,17H,4-5H2. The largest absolute Gasteiger partial charge is 0.595 e. The zero-order chi connectivity index (χ0) is 14.2. The van der Waals surface area contributed by atoms with E-state index in [1.54, 1.807) is 0 Å². The third-order valence-corrected chi connectivity index (χ3v) is 2.56. The predicted octanol–water partition coefficient (Wildman–Crippen LogP) is 0.378. The molecule has 2 rings (SSSR count). The van der Waals surface area contributed by atoms with Crippen LogP contribution in [0.1, 0.15) is 0 Å². The normalized spacial score (nSPS) is 16.6. The summed E-state index contributed by atoms with van der Waals surface area (Å²) in [4.78, 5) is 11.7. The van der Waals surface area contributed by atoms with E-state index in [4.69, 9.17) is 9.94 Å². The molecule has 19 heavy (non-hydrogen) atoms. The Bertz CT molecular complexity index is 504. The Balaban J connectivity index is 2.51. The Morgan fingerprint density at radius 2 is 2.16 bits per heavy atom. The van der Waals surface area contributed by atoms with E-state index in [-0.39, 0.29) is 24.6 Å². The van der Waals surface area contributed by atoms with Gasteiger partial charge in [0.2, 0.25) is 0 Å². The van der Waals surface area contributed by atoms with E-state index < -0.39 is 23.0 Å². The van der Waals surface area contributed by atoms with Crippen LogP contribution in [0.5, 0.6) is 5.75 Å². The lowest BCUT2D eigenvalue weighted by Gasteiger charge is -2.31. The Labute approximate surface area is 105 Å². The van der Waals surface area contributed by atoms with Gasteiger partial charge in [-0.15, -0.1) is 0 Å². The SMILES string of the molecule is O=C(N1CCOc2cccc([NH+]([O-])O)c21)C(F)(F)F. The van der Waals surface area contributed by atoms with Crippen molar-refractivity contribution in [2.24, 2.45) is 0 Å². The van der Waals surface area contributed by atoms with Crippen LogP contribution >= 0.6 is 0 Å². The molecule has 1 aliphatic heterocycles. The van der Waals surface area contributed by atoms with Gasteiger partial charge in [0.1, 0.15) is 12.4 Å². The smallest absolute Gasteiger partial charge is 0.471 e. The predicted molar refractivity (Wildman–Crippen MR) is 56.1 cm³/mol. The number of nitrogens with one attached hydrogen (secondary N) is 1. The molecule has 0 spiro atoms. The van der Waals surface area contributed by atoms with Gasteiger partial charge in [0.25, 0.3) is 0 Å². The topological polar surface area (TPSA) is 77.3 Å². The van der Waals surface area contributed by atoms with Gasteiger partial charge in [-0.3, -0.25) is 9.69 Å². The summed E-state index contributed by atoms with van der Waals surface area (Å²) >= 11 is 0. The van der Waals surface area contributed by atoms with Crippen LogP contribution < -0.4 is 14.9 Å². The number of nitrogens with zero attached hydrogens (tertiary/aromatic N) is 1. The number of carbonyl (C=O) groups is 1. The number of rotatable bonds is 1. The third kappa shape index (κ3) is 2.48. The number of hydrogen-bond donors (Lipinski definition) is 2. The van der Waals surface area contributed by atoms with Gasteiger partial charge in [-0.2, -0.15) is 18.4 Å². The zero-order valence-electron chi connectivity index (χ0n) is 9.40. The highest BCUT2D eigenvalue weighted by molar-refractivity contribution is 6.01. The minimum atomic E-state index is -5.07. The number of anilines is 1. The molecule has 9 heteroatoms. The van der Waals surface area contributed by atoms with Gasteiger partial charge in [-0.25, -0.2) is 5.21 Å². The van der Waals surface area contributed by atoms with Crippen LogP contribution in [0.4, 0.5) is 24.5 Å². The lowest BCUT2D eigenvalue weighted by molar-refractivity contribution is -0.990. The summed E-state index contributed by atoms with van der Waals surface area (Å²) in [6.45, 7) is -0.479. The number of hydrogen-bond acceptors (Lipinski definition) is 4. The van der Waals surface area contributed by atoms with Gasteiger partial charge in [0.15, 0.2) is 11.4 Å². The van der Waals surface area contributed by atoms with Crippen molar-refractivity contribution in [1.29, 1.82) is 0 Å². The summed E-state index contributed by atoms with van der Waals surface area (Å²) in [6, 6.07) is 3.77. The molecular formula is C10H9F3N2O4. The van der Waals surface area contributed by atoms with Crippen molar-refractivity contribution in [2.75, 3.05) is 18.1 Å². The molecule has 104 valence electrons. The maximum Gasteiger partial charge on any atom is 0.471 e. The number of amides is 1. The Morgan fingerprint density at radius 3 is 2.74 bits per heavy atom. The van der Waals surface area contributed by atoms with Crippen LogP contribution in [-0.4, -0.2) is 30.4 Å². The van der Waals surface area contributed by atoms with Crippen molar-refractivity contribution in [3.05, 3.63) is 23.4 Å². The molecule has 1 heterocycles. The van der Waals surface area contributed by atoms with Crippen LogP contribution in [0.3, 0.4) is 0 Å². The molecule has 1 aromatic carbocycles. The summed E-state index contributed by atoms with van der Waals surface area (Å²) in [5.74, 6) is -2.16. The molecule has 0 bridgehead atoms. The van der Waals surface area contributed by atoms with Gasteiger partial charge < -0.3 is 9.94 Å². The molecule has 0 saturated carbocycles. The highest BCUT2D eigenvalue weighted by Crippen LogP contribution is 2.38.